The highest BCUT2D eigenvalue weighted by Gasteiger charge is 2.28. The first-order chi connectivity index (χ1) is 8.25. The normalized spacial score (nSPS) is 11.8. The number of nitro groups is 1. The largest absolute Gasteiger partial charge is 0.768 e. The van der Waals surface area contributed by atoms with E-state index in [2.05, 4.69) is 0 Å². The molecule has 2 N–H and O–H groups in total. The lowest BCUT2D eigenvalue weighted by molar-refractivity contribution is -0.385. The molecular weight excluding hydrogens is 270 g/mol. The fourth-order valence-electron chi connectivity index (χ4n) is 1.23. The maximum absolute atomic E-state index is 10.8. The third-order valence-corrected chi connectivity index (χ3v) is 2.55. The third kappa shape index (κ3) is 2.49. The van der Waals surface area contributed by atoms with Gasteiger partial charge in [-0.25, -0.2) is 9.59 Å². The molecule has 0 aliphatic carbocycles. The molecule has 0 aliphatic heterocycles. The lowest BCUT2D eigenvalue weighted by Crippen LogP contribution is -2.12. The van der Waals surface area contributed by atoms with E-state index >= 15 is 0 Å². The topological polar surface area (TPSA) is 158 Å². The van der Waals surface area contributed by atoms with Crippen molar-refractivity contribution in [2.24, 2.45) is 0 Å². The van der Waals surface area contributed by atoms with Crippen molar-refractivity contribution in [1.29, 1.82) is 0 Å². The molecule has 1 rings (SSSR count). The molecule has 0 aromatic heterocycles. The van der Waals surface area contributed by atoms with Crippen molar-refractivity contribution in [3.63, 3.8) is 0 Å². The van der Waals surface area contributed by atoms with E-state index in [1.54, 1.807) is 0 Å². The number of nitro benzene ring substituents is 1. The van der Waals surface area contributed by atoms with Crippen LogP contribution in [0.2, 0.25) is 0 Å². The highest BCUT2D eigenvalue weighted by atomic mass is 32.2. The Labute approximate surface area is 101 Å². The molecule has 0 heterocycles. The summed E-state index contributed by atoms with van der Waals surface area (Å²) >= 11 is -2.91. The number of nitrogens with zero attached hydrogens (tertiary/aromatic N) is 1. The Bertz CT molecular complexity index is 545. The fraction of sp³-hybridized carbons (Fsp3) is 0. The first kappa shape index (κ1) is 13.7. The van der Waals surface area contributed by atoms with Crippen LogP contribution in [0.25, 0.3) is 0 Å². The molecule has 18 heavy (non-hydrogen) atoms. The Morgan fingerprint density at radius 1 is 1.22 bits per heavy atom. The van der Waals surface area contributed by atoms with E-state index in [0.29, 0.717) is 12.1 Å². The van der Waals surface area contributed by atoms with Crippen LogP contribution in [-0.4, -0.2) is 35.8 Å². The Kier molecular flexibility index (Phi) is 3.73. The van der Waals surface area contributed by atoms with Crippen LogP contribution in [0.15, 0.2) is 17.0 Å². The van der Waals surface area contributed by atoms with Gasteiger partial charge in [-0.05, 0) is 17.1 Å². The van der Waals surface area contributed by atoms with Crippen LogP contribution in [-0.2, 0) is 11.1 Å². The summed E-state index contributed by atoms with van der Waals surface area (Å²) in [5, 5.41) is 28.1. The second kappa shape index (κ2) is 4.89. The Hall–Kier alpha value is -2.33. The molecule has 0 radical (unpaired) electrons. The van der Waals surface area contributed by atoms with Crippen molar-refractivity contribution in [1.82, 2.24) is 0 Å². The second-order valence-electron chi connectivity index (χ2n) is 2.97. The van der Waals surface area contributed by atoms with Gasteiger partial charge in [-0.1, -0.05) is 0 Å². The van der Waals surface area contributed by atoms with E-state index in [0.717, 1.165) is 0 Å². The fourth-order valence-corrected chi connectivity index (χ4v) is 1.66. The number of benzene rings is 1. The molecular formula is C8H4NO8S-. The van der Waals surface area contributed by atoms with Crippen LogP contribution in [0.5, 0.6) is 0 Å². The van der Waals surface area contributed by atoms with E-state index < -0.39 is 49.7 Å². The average Bonchev–Trinajstić information content (AvgIpc) is 2.26. The first-order valence-corrected chi connectivity index (χ1v) is 5.21. The Morgan fingerprint density at radius 3 is 2.11 bits per heavy atom. The van der Waals surface area contributed by atoms with Gasteiger partial charge in [0.15, 0.2) is 5.56 Å². The number of carbonyl (C=O) groups is 2. The van der Waals surface area contributed by atoms with Gasteiger partial charge in [-0.15, -0.1) is 0 Å². The molecule has 0 aliphatic rings. The summed E-state index contributed by atoms with van der Waals surface area (Å²) in [5.74, 6) is -3.61. The molecule has 0 saturated carbocycles. The van der Waals surface area contributed by atoms with Gasteiger partial charge < -0.3 is 14.8 Å². The van der Waals surface area contributed by atoms with Gasteiger partial charge in [0, 0.05) is 11.0 Å². The van der Waals surface area contributed by atoms with Crippen LogP contribution < -0.4 is 0 Å². The molecule has 1 aromatic carbocycles. The summed E-state index contributed by atoms with van der Waals surface area (Å²) in [5.41, 5.74) is -3.13. The molecule has 0 fully saturated rings. The minimum Gasteiger partial charge on any atom is -0.768 e. The van der Waals surface area contributed by atoms with Crippen LogP contribution in [0.4, 0.5) is 5.69 Å². The van der Waals surface area contributed by atoms with Crippen LogP contribution in [0.3, 0.4) is 0 Å². The van der Waals surface area contributed by atoms with Crippen LogP contribution in [0, 0.1) is 10.1 Å². The van der Waals surface area contributed by atoms with Gasteiger partial charge in [-0.3, -0.25) is 14.3 Å². The van der Waals surface area contributed by atoms with Crippen LogP contribution >= 0.6 is 0 Å². The molecule has 1 aromatic rings. The summed E-state index contributed by atoms with van der Waals surface area (Å²) < 4.78 is 21.3. The third-order valence-electron chi connectivity index (χ3n) is 1.92. The zero-order valence-corrected chi connectivity index (χ0v) is 9.17. The number of hydrogen-bond donors (Lipinski definition) is 2. The van der Waals surface area contributed by atoms with E-state index in [4.69, 9.17) is 10.2 Å². The predicted octanol–water partition coefficient (Wildman–Crippen LogP) is 0.229. The monoisotopic (exact) mass is 274 g/mol. The van der Waals surface area contributed by atoms with Crippen molar-refractivity contribution in [2.45, 2.75) is 4.90 Å². The Morgan fingerprint density at radius 2 is 1.78 bits per heavy atom. The summed E-state index contributed by atoms with van der Waals surface area (Å²) in [6, 6.07) is 1.03. The molecule has 1 atom stereocenters. The van der Waals surface area contributed by atoms with Crippen LogP contribution in [0.1, 0.15) is 20.7 Å². The lowest BCUT2D eigenvalue weighted by atomic mass is 10.1. The van der Waals surface area contributed by atoms with E-state index in [9.17, 15) is 28.5 Å². The van der Waals surface area contributed by atoms with Gasteiger partial charge in [0.05, 0.1) is 10.5 Å². The van der Waals surface area contributed by atoms with Gasteiger partial charge >= 0.3 is 11.9 Å². The minimum atomic E-state index is -2.91. The molecule has 1 unspecified atom stereocenters. The molecule has 9 nitrogen and oxygen atoms in total. The number of rotatable bonds is 4. The number of carboxylic acid groups (broad SMARTS) is 2. The quantitative estimate of drug-likeness (QED) is 0.448. The van der Waals surface area contributed by atoms with E-state index in [-0.39, 0.29) is 0 Å². The zero-order chi connectivity index (χ0) is 14.0. The summed E-state index contributed by atoms with van der Waals surface area (Å²) in [4.78, 5) is 30.4. The lowest BCUT2D eigenvalue weighted by Gasteiger charge is -2.08. The van der Waals surface area contributed by atoms with Gasteiger partial charge in [-0.2, -0.15) is 0 Å². The maximum atomic E-state index is 10.8. The number of carboxylic acids is 2. The Balaban J connectivity index is 3.76. The zero-order valence-electron chi connectivity index (χ0n) is 8.35. The predicted molar refractivity (Wildman–Crippen MR) is 54.2 cm³/mol. The molecule has 0 bridgehead atoms. The molecule has 96 valence electrons. The van der Waals surface area contributed by atoms with Crippen molar-refractivity contribution in [3.05, 3.63) is 33.4 Å². The molecule has 0 amide bonds. The van der Waals surface area contributed by atoms with E-state index in [1.807, 2.05) is 0 Å². The average molecular weight is 274 g/mol. The highest BCUT2D eigenvalue weighted by molar-refractivity contribution is 7.79. The van der Waals surface area contributed by atoms with Crippen molar-refractivity contribution >= 4 is 28.7 Å². The van der Waals surface area contributed by atoms with E-state index in [1.165, 1.54) is 0 Å². The highest BCUT2D eigenvalue weighted by Crippen LogP contribution is 2.26. The number of hydrogen-bond acceptors (Lipinski definition) is 6. The standard InChI is InChI=1S/C8H5NO8S/c10-7(11)4-1-3(18(16)17)2-5(9(14)15)6(4)8(12)13/h1-2H,(H,10,11)(H,12,13)(H,16,17)/p-1. The van der Waals surface area contributed by atoms with Gasteiger partial charge in [0.1, 0.15) is 0 Å². The van der Waals surface area contributed by atoms with Crippen molar-refractivity contribution in [3.8, 4) is 0 Å². The molecule has 0 spiro atoms. The summed E-state index contributed by atoms with van der Waals surface area (Å²) in [6.45, 7) is 0. The maximum Gasteiger partial charge on any atom is 0.343 e. The molecule has 10 heteroatoms. The SMILES string of the molecule is O=C(O)c1cc(S(=O)[O-])cc([N+](=O)[O-])c1C(=O)O. The second-order valence-corrected chi connectivity index (χ2v) is 3.91. The van der Waals surface area contributed by atoms with Gasteiger partial charge in [0.25, 0.3) is 5.69 Å². The smallest absolute Gasteiger partial charge is 0.343 e. The summed E-state index contributed by atoms with van der Waals surface area (Å²) in [6.07, 6.45) is 0. The summed E-state index contributed by atoms with van der Waals surface area (Å²) in [7, 11) is 0. The number of aromatic carboxylic acids is 2. The minimum absolute atomic E-state index is 0.485. The van der Waals surface area contributed by atoms with Crippen molar-refractivity contribution in [2.75, 3.05) is 0 Å². The van der Waals surface area contributed by atoms with Gasteiger partial charge in [0.2, 0.25) is 0 Å². The molecule has 0 saturated heterocycles. The van der Waals surface area contributed by atoms with Crippen molar-refractivity contribution < 1.29 is 33.5 Å². The first-order valence-electron chi connectivity index (χ1n) is 4.14.